The number of allylic oxidation sites excluding steroid dienone is 2. The topological polar surface area (TPSA) is 36.3 Å². The third kappa shape index (κ3) is 2.89. The van der Waals surface area contributed by atoms with Crippen molar-refractivity contribution >= 4 is 0 Å². The molecule has 48 valence electrons. The molecule has 0 amide bonds. The number of nitrogens with zero attached hydrogens (tertiary/aromatic N) is 1. The zero-order valence-corrected chi connectivity index (χ0v) is 5.21. The molecule has 0 saturated carbocycles. The monoisotopic (exact) mass is 123 g/mol. The molecule has 1 aliphatic rings. The van der Waals surface area contributed by atoms with Crippen LogP contribution in [0.25, 0.3) is 0 Å². The van der Waals surface area contributed by atoms with Crippen LogP contribution in [-0.2, 0) is 4.74 Å². The standard InChI is InChI=1S/C7H9NO/c8-5-3-1-2-4-7-6-9-7/h1,3,7H,2,4,6H2/b3-1-. The van der Waals surface area contributed by atoms with Crippen LogP contribution in [0.1, 0.15) is 12.8 Å². The maximum atomic E-state index is 8.08. The lowest BCUT2D eigenvalue weighted by molar-refractivity contribution is 0.398. The van der Waals surface area contributed by atoms with Crippen molar-refractivity contribution in [2.24, 2.45) is 0 Å². The molecule has 1 saturated heterocycles. The number of hydrogen-bond acceptors (Lipinski definition) is 2. The Kier molecular flexibility index (Phi) is 2.29. The minimum Gasteiger partial charge on any atom is -0.373 e. The fourth-order valence-electron chi connectivity index (χ4n) is 0.653. The van der Waals surface area contributed by atoms with Crippen LogP contribution in [0.15, 0.2) is 12.2 Å². The van der Waals surface area contributed by atoms with Crippen molar-refractivity contribution in [2.75, 3.05) is 6.61 Å². The van der Waals surface area contributed by atoms with Gasteiger partial charge in [-0.15, -0.1) is 0 Å². The summed E-state index contributed by atoms with van der Waals surface area (Å²) in [5.41, 5.74) is 0. The molecule has 1 aliphatic heterocycles. The molecule has 2 nitrogen and oxygen atoms in total. The number of epoxide rings is 1. The molecule has 1 rings (SSSR count). The summed E-state index contributed by atoms with van der Waals surface area (Å²) in [5.74, 6) is 0. The molecule has 1 unspecified atom stereocenters. The first-order chi connectivity index (χ1) is 4.43. The van der Waals surface area contributed by atoms with Crippen LogP contribution in [-0.4, -0.2) is 12.7 Å². The lowest BCUT2D eigenvalue weighted by Gasteiger charge is -1.83. The summed E-state index contributed by atoms with van der Waals surface area (Å²) in [6.07, 6.45) is 5.92. The average Bonchev–Trinajstić information content (AvgIpc) is 2.63. The molecule has 1 heterocycles. The van der Waals surface area contributed by atoms with Crippen molar-refractivity contribution in [3.8, 4) is 6.07 Å². The molecule has 0 aromatic heterocycles. The number of ether oxygens (including phenoxy) is 1. The van der Waals surface area contributed by atoms with Gasteiger partial charge in [0.25, 0.3) is 0 Å². The van der Waals surface area contributed by atoms with Crippen molar-refractivity contribution in [3.63, 3.8) is 0 Å². The van der Waals surface area contributed by atoms with Crippen LogP contribution in [0.4, 0.5) is 0 Å². The maximum absolute atomic E-state index is 8.08. The fraction of sp³-hybridized carbons (Fsp3) is 0.571. The summed E-state index contributed by atoms with van der Waals surface area (Å²) in [7, 11) is 0. The summed E-state index contributed by atoms with van der Waals surface area (Å²) in [4.78, 5) is 0. The van der Waals surface area contributed by atoms with E-state index in [1.165, 1.54) is 6.08 Å². The summed E-state index contributed by atoms with van der Waals surface area (Å²) in [6.45, 7) is 0.917. The average molecular weight is 123 g/mol. The van der Waals surface area contributed by atoms with Crippen LogP contribution < -0.4 is 0 Å². The molecule has 2 heteroatoms. The van der Waals surface area contributed by atoms with Crippen molar-refractivity contribution in [1.29, 1.82) is 5.26 Å². The van der Waals surface area contributed by atoms with E-state index in [1.54, 1.807) is 0 Å². The highest BCUT2D eigenvalue weighted by Crippen LogP contribution is 2.15. The molecule has 9 heavy (non-hydrogen) atoms. The molecule has 0 aromatic carbocycles. The SMILES string of the molecule is N#C/C=C\CCC1CO1. The number of rotatable bonds is 3. The molecule has 0 aromatic rings. The molecule has 1 atom stereocenters. The van der Waals surface area contributed by atoms with Gasteiger partial charge in [-0.3, -0.25) is 0 Å². The molecule has 0 aliphatic carbocycles. The fourth-order valence-corrected chi connectivity index (χ4v) is 0.653. The summed E-state index contributed by atoms with van der Waals surface area (Å²) in [6, 6.07) is 1.94. The van der Waals surface area contributed by atoms with E-state index in [9.17, 15) is 0 Å². The van der Waals surface area contributed by atoms with E-state index in [1.807, 2.05) is 12.1 Å². The van der Waals surface area contributed by atoms with E-state index in [0.29, 0.717) is 6.10 Å². The molecule has 0 radical (unpaired) electrons. The minimum absolute atomic E-state index is 0.494. The first-order valence-electron chi connectivity index (χ1n) is 3.09. The van der Waals surface area contributed by atoms with Gasteiger partial charge in [0.1, 0.15) is 0 Å². The second-order valence-corrected chi connectivity index (χ2v) is 2.06. The van der Waals surface area contributed by atoms with Crippen molar-refractivity contribution in [1.82, 2.24) is 0 Å². The van der Waals surface area contributed by atoms with Crippen molar-refractivity contribution in [2.45, 2.75) is 18.9 Å². The lowest BCUT2D eigenvalue weighted by Crippen LogP contribution is -1.80. The zero-order valence-electron chi connectivity index (χ0n) is 5.21. The van der Waals surface area contributed by atoms with E-state index >= 15 is 0 Å². The van der Waals surface area contributed by atoms with E-state index < -0.39 is 0 Å². The first kappa shape index (κ1) is 6.31. The smallest absolute Gasteiger partial charge is 0.0908 e. The normalized spacial score (nSPS) is 24.1. The summed E-state index contributed by atoms with van der Waals surface area (Å²) in [5, 5.41) is 8.08. The summed E-state index contributed by atoms with van der Waals surface area (Å²) >= 11 is 0. The van der Waals surface area contributed by atoms with Crippen LogP contribution in [0.5, 0.6) is 0 Å². The lowest BCUT2D eigenvalue weighted by atomic mass is 10.2. The molecular weight excluding hydrogens is 114 g/mol. The Hall–Kier alpha value is -0.810. The van der Waals surface area contributed by atoms with Gasteiger partial charge in [0, 0.05) is 6.08 Å². The highest BCUT2D eigenvalue weighted by atomic mass is 16.6. The highest BCUT2D eigenvalue weighted by Gasteiger charge is 2.20. The molecular formula is C7H9NO. The Morgan fingerprint density at radius 3 is 3.11 bits per heavy atom. The van der Waals surface area contributed by atoms with Gasteiger partial charge in [-0.1, -0.05) is 6.08 Å². The number of nitriles is 1. The maximum Gasteiger partial charge on any atom is 0.0908 e. The Balaban J connectivity index is 1.93. The van der Waals surface area contributed by atoms with E-state index in [0.717, 1.165) is 19.4 Å². The van der Waals surface area contributed by atoms with Gasteiger partial charge in [0.15, 0.2) is 0 Å². The third-order valence-corrected chi connectivity index (χ3v) is 1.25. The Bertz CT molecular complexity index is 141. The highest BCUT2D eigenvalue weighted by molar-refractivity contribution is 5.01. The van der Waals surface area contributed by atoms with Gasteiger partial charge in [-0.25, -0.2) is 0 Å². The molecule has 0 N–H and O–H groups in total. The van der Waals surface area contributed by atoms with E-state index in [2.05, 4.69) is 0 Å². The van der Waals surface area contributed by atoms with Gasteiger partial charge >= 0.3 is 0 Å². The van der Waals surface area contributed by atoms with Gasteiger partial charge < -0.3 is 4.74 Å². The van der Waals surface area contributed by atoms with Gasteiger partial charge in [-0.2, -0.15) is 5.26 Å². The predicted molar refractivity (Wildman–Crippen MR) is 33.7 cm³/mol. The number of hydrogen-bond donors (Lipinski definition) is 0. The second-order valence-electron chi connectivity index (χ2n) is 2.06. The largest absolute Gasteiger partial charge is 0.373 e. The Labute approximate surface area is 54.7 Å². The van der Waals surface area contributed by atoms with E-state index in [-0.39, 0.29) is 0 Å². The zero-order chi connectivity index (χ0) is 6.53. The Morgan fingerprint density at radius 1 is 1.78 bits per heavy atom. The quantitative estimate of drug-likeness (QED) is 0.418. The van der Waals surface area contributed by atoms with Gasteiger partial charge in [-0.05, 0) is 12.8 Å². The van der Waals surface area contributed by atoms with Crippen molar-refractivity contribution < 1.29 is 4.74 Å². The molecule has 0 bridgehead atoms. The first-order valence-corrected chi connectivity index (χ1v) is 3.09. The van der Waals surface area contributed by atoms with Crippen molar-refractivity contribution in [3.05, 3.63) is 12.2 Å². The second kappa shape index (κ2) is 3.26. The predicted octanol–water partition coefficient (Wildman–Crippen LogP) is 1.25. The van der Waals surface area contributed by atoms with Crippen LogP contribution in [0, 0.1) is 11.3 Å². The third-order valence-electron chi connectivity index (χ3n) is 1.25. The minimum atomic E-state index is 0.494. The van der Waals surface area contributed by atoms with Crippen LogP contribution in [0.3, 0.4) is 0 Å². The molecule has 1 fully saturated rings. The van der Waals surface area contributed by atoms with Crippen LogP contribution >= 0.6 is 0 Å². The van der Waals surface area contributed by atoms with E-state index in [4.69, 9.17) is 10.00 Å². The van der Waals surface area contributed by atoms with Crippen LogP contribution in [0.2, 0.25) is 0 Å². The Morgan fingerprint density at radius 2 is 2.56 bits per heavy atom. The van der Waals surface area contributed by atoms with Gasteiger partial charge in [0.2, 0.25) is 0 Å². The molecule has 0 spiro atoms. The summed E-state index contributed by atoms with van der Waals surface area (Å²) < 4.78 is 4.97. The van der Waals surface area contributed by atoms with Gasteiger partial charge in [0.05, 0.1) is 18.8 Å².